The quantitative estimate of drug-likeness (QED) is 0.710. The lowest BCUT2D eigenvalue weighted by atomic mass is 9.91. The molecule has 1 aromatic rings. The number of nitrogens with zero attached hydrogens (tertiary/aromatic N) is 2. The number of hydrogen-bond donors (Lipinski definition) is 2. The number of aromatic nitrogens is 2. The number of halogens is 1. The van der Waals surface area contributed by atoms with E-state index in [1.807, 2.05) is 0 Å². The van der Waals surface area contributed by atoms with Crippen molar-refractivity contribution >= 4 is 18.3 Å². The van der Waals surface area contributed by atoms with Crippen LogP contribution in [0.2, 0.25) is 0 Å². The van der Waals surface area contributed by atoms with E-state index in [0.717, 1.165) is 32.5 Å². The van der Waals surface area contributed by atoms with Gasteiger partial charge in [-0.05, 0) is 31.6 Å². The van der Waals surface area contributed by atoms with Gasteiger partial charge in [0.1, 0.15) is 5.56 Å². The predicted molar refractivity (Wildman–Crippen MR) is 107 cm³/mol. The van der Waals surface area contributed by atoms with Crippen LogP contribution >= 0.6 is 12.4 Å². The van der Waals surface area contributed by atoms with E-state index in [-0.39, 0.29) is 29.9 Å². The molecule has 0 radical (unpaired) electrons. The van der Waals surface area contributed by atoms with Crippen LogP contribution in [0.5, 0.6) is 0 Å². The van der Waals surface area contributed by atoms with Crippen molar-refractivity contribution < 1.29 is 4.79 Å². The van der Waals surface area contributed by atoms with Crippen LogP contribution in [0.15, 0.2) is 29.0 Å². The fourth-order valence-corrected chi connectivity index (χ4v) is 3.31. The highest BCUT2D eigenvalue weighted by atomic mass is 35.5. The van der Waals surface area contributed by atoms with E-state index in [1.54, 1.807) is 0 Å². The maximum atomic E-state index is 12.4. The molecule has 7 heteroatoms. The molecular formula is C19H31ClN4O2. The lowest BCUT2D eigenvalue weighted by Crippen LogP contribution is -2.43. The summed E-state index contributed by atoms with van der Waals surface area (Å²) in [6.07, 6.45) is 7.04. The van der Waals surface area contributed by atoms with Crippen molar-refractivity contribution in [1.82, 2.24) is 20.2 Å². The standard InChI is InChI=1S/C19H30N4O2.ClH/c1-5-14(4)7-6-8-23-10-16(13(2)3)17(11-23)22-19(25)15-9-20-12-21-18(15)24;/h7,9,12-13,16-17H,5-6,8,10-11H2,1-4H3,(H,22,25)(H,20,21,24);1H/t16-,17+;/m1./s1. The molecule has 0 aromatic carbocycles. The number of hydrogen-bond acceptors (Lipinski definition) is 4. The van der Waals surface area contributed by atoms with E-state index in [4.69, 9.17) is 0 Å². The summed E-state index contributed by atoms with van der Waals surface area (Å²) < 4.78 is 0. The minimum Gasteiger partial charge on any atom is -0.347 e. The lowest BCUT2D eigenvalue weighted by Gasteiger charge is -2.22. The van der Waals surface area contributed by atoms with Crippen molar-refractivity contribution in [2.24, 2.45) is 11.8 Å². The monoisotopic (exact) mass is 382 g/mol. The Morgan fingerprint density at radius 1 is 1.46 bits per heavy atom. The van der Waals surface area contributed by atoms with Gasteiger partial charge in [-0.3, -0.25) is 9.59 Å². The van der Waals surface area contributed by atoms with Crippen molar-refractivity contribution in [3.63, 3.8) is 0 Å². The minimum absolute atomic E-state index is 0. The first-order valence-electron chi connectivity index (χ1n) is 9.13. The molecular weight excluding hydrogens is 352 g/mol. The fourth-order valence-electron chi connectivity index (χ4n) is 3.31. The second-order valence-electron chi connectivity index (χ2n) is 7.23. The smallest absolute Gasteiger partial charge is 0.263 e. The molecule has 2 N–H and O–H groups in total. The molecule has 0 saturated carbocycles. The zero-order chi connectivity index (χ0) is 18.4. The van der Waals surface area contributed by atoms with Crippen LogP contribution in [0.25, 0.3) is 0 Å². The number of likely N-dealkylation sites (tertiary alicyclic amines) is 1. The number of nitrogens with one attached hydrogen (secondary N) is 2. The highest BCUT2D eigenvalue weighted by Gasteiger charge is 2.35. The Morgan fingerprint density at radius 3 is 2.81 bits per heavy atom. The first kappa shape index (κ1) is 22.4. The second-order valence-corrected chi connectivity index (χ2v) is 7.23. The van der Waals surface area contributed by atoms with Crippen molar-refractivity contribution in [2.45, 2.75) is 46.6 Å². The largest absolute Gasteiger partial charge is 0.347 e. The van der Waals surface area contributed by atoms with Crippen LogP contribution in [0.1, 0.15) is 50.9 Å². The van der Waals surface area contributed by atoms with E-state index in [9.17, 15) is 9.59 Å². The summed E-state index contributed by atoms with van der Waals surface area (Å²) in [6, 6.07) is 0.0587. The van der Waals surface area contributed by atoms with E-state index in [1.165, 1.54) is 18.1 Å². The SMILES string of the molecule is CCC(C)=CCCN1C[C@H](NC(=O)c2cnc[nH]c2=O)[C@@H](C(C)C)C1.Cl. The molecule has 0 aliphatic carbocycles. The molecule has 1 saturated heterocycles. The van der Waals surface area contributed by atoms with E-state index in [0.29, 0.717) is 11.8 Å². The Bertz CT molecular complexity index is 672. The Morgan fingerprint density at radius 2 is 2.19 bits per heavy atom. The molecule has 1 aromatic heterocycles. The number of carbonyl (C=O) groups excluding carboxylic acids is 1. The molecule has 2 atom stereocenters. The number of aromatic amines is 1. The number of allylic oxidation sites excluding steroid dienone is 1. The summed E-state index contributed by atoms with van der Waals surface area (Å²) in [5.74, 6) is 0.514. The van der Waals surface area contributed by atoms with Crippen LogP contribution in [0.4, 0.5) is 0 Å². The van der Waals surface area contributed by atoms with Crippen molar-refractivity contribution in [3.05, 3.63) is 40.1 Å². The number of H-pyrrole nitrogens is 1. The summed E-state index contributed by atoms with van der Waals surface area (Å²) in [4.78, 5) is 32.9. The highest BCUT2D eigenvalue weighted by molar-refractivity contribution is 5.93. The van der Waals surface area contributed by atoms with Crippen molar-refractivity contribution in [1.29, 1.82) is 0 Å². The average molecular weight is 383 g/mol. The topological polar surface area (TPSA) is 78.1 Å². The maximum absolute atomic E-state index is 12.4. The van der Waals surface area contributed by atoms with Crippen LogP contribution in [0.3, 0.4) is 0 Å². The predicted octanol–water partition coefficient (Wildman–Crippen LogP) is 2.62. The summed E-state index contributed by atoms with van der Waals surface area (Å²) >= 11 is 0. The molecule has 1 aliphatic heterocycles. The molecule has 0 unspecified atom stereocenters. The minimum atomic E-state index is -0.399. The summed E-state index contributed by atoms with van der Waals surface area (Å²) in [7, 11) is 0. The highest BCUT2D eigenvalue weighted by Crippen LogP contribution is 2.25. The third-order valence-corrected chi connectivity index (χ3v) is 5.07. The molecule has 1 aliphatic rings. The van der Waals surface area contributed by atoms with E-state index in [2.05, 4.69) is 54.0 Å². The molecule has 2 heterocycles. The Kier molecular flexibility index (Phi) is 9.02. The molecule has 146 valence electrons. The van der Waals surface area contributed by atoms with Gasteiger partial charge in [0.15, 0.2) is 0 Å². The third-order valence-electron chi connectivity index (χ3n) is 5.07. The van der Waals surface area contributed by atoms with E-state index < -0.39 is 5.56 Å². The van der Waals surface area contributed by atoms with E-state index >= 15 is 0 Å². The van der Waals surface area contributed by atoms with Crippen LogP contribution < -0.4 is 10.9 Å². The van der Waals surface area contributed by atoms with Gasteiger partial charge >= 0.3 is 0 Å². The summed E-state index contributed by atoms with van der Waals surface area (Å²) in [6.45, 7) is 11.5. The molecule has 0 bridgehead atoms. The van der Waals surface area contributed by atoms with Gasteiger partial charge in [0, 0.05) is 31.9 Å². The number of carbonyl (C=O) groups is 1. The van der Waals surface area contributed by atoms with Gasteiger partial charge in [0.2, 0.25) is 0 Å². The molecule has 6 nitrogen and oxygen atoms in total. The van der Waals surface area contributed by atoms with Gasteiger partial charge in [-0.1, -0.05) is 32.4 Å². The maximum Gasteiger partial charge on any atom is 0.263 e. The van der Waals surface area contributed by atoms with Crippen LogP contribution in [-0.4, -0.2) is 46.5 Å². The van der Waals surface area contributed by atoms with Crippen molar-refractivity contribution in [3.8, 4) is 0 Å². The molecule has 0 spiro atoms. The van der Waals surface area contributed by atoms with Gasteiger partial charge < -0.3 is 15.2 Å². The molecule has 2 rings (SSSR count). The Hall–Kier alpha value is -1.66. The third kappa shape index (κ3) is 5.95. The molecule has 26 heavy (non-hydrogen) atoms. The molecule has 1 amide bonds. The normalized spacial score (nSPS) is 20.9. The zero-order valence-corrected chi connectivity index (χ0v) is 16.9. The lowest BCUT2D eigenvalue weighted by molar-refractivity contribution is 0.0923. The van der Waals surface area contributed by atoms with Gasteiger partial charge in [-0.15, -0.1) is 12.4 Å². The van der Waals surface area contributed by atoms with Gasteiger partial charge in [0.05, 0.1) is 6.33 Å². The van der Waals surface area contributed by atoms with Gasteiger partial charge in [0.25, 0.3) is 11.5 Å². The fraction of sp³-hybridized carbons (Fsp3) is 0.632. The second kappa shape index (κ2) is 10.5. The summed E-state index contributed by atoms with van der Waals surface area (Å²) in [5.41, 5.74) is 1.09. The van der Waals surface area contributed by atoms with Gasteiger partial charge in [-0.25, -0.2) is 4.98 Å². The first-order chi connectivity index (χ1) is 11.9. The Labute approximate surface area is 161 Å². The number of amides is 1. The van der Waals surface area contributed by atoms with Crippen molar-refractivity contribution in [2.75, 3.05) is 19.6 Å². The first-order valence-corrected chi connectivity index (χ1v) is 9.13. The average Bonchev–Trinajstić information content (AvgIpc) is 2.98. The van der Waals surface area contributed by atoms with Gasteiger partial charge in [-0.2, -0.15) is 0 Å². The number of rotatable bonds is 7. The molecule has 1 fully saturated rings. The van der Waals surface area contributed by atoms with Crippen LogP contribution in [0, 0.1) is 11.8 Å². The van der Waals surface area contributed by atoms with Crippen LogP contribution in [-0.2, 0) is 0 Å². The Balaban J connectivity index is 0.00000338. The zero-order valence-electron chi connectivity index (χ0n) is 16.1. The summed E-state index contributed by atoms with van der Waals surface area (Å²) in [5, 5.41) is 3.05.